The van der Waals surface area contributed by atoms with E-state index in [1.54, 1.807) is 49.9 Å². The van der Waals surface area contributed by atoms with Crippen LogP contribution in [0.15, 0.2) is 36.2 Å². The van der Waals surface area contributed by atoms with Gasteiger partial charge in [0, 0.05) is 52.6 Å². The SMILES string of the molecule is CN1CC/C(=C\F)[C@](C)(COc2nc(N3C[C@H]4CC[C@@H](C3)N4C(=O)OC(C)(C)C)c3cc(Cl)c(-c4cccc5sc(NC(=O)OC(C)(C)C)c(C#N)c45)c(F)c3n2)C1. The lowest BCUT2D eigenvalue weighted by Gasteiger charge is -2.42. The zero-order valence-corrected chi connectivity index (χ0v) is 35.5. The van der Waals surface area contributed by atoms with Gasteiger partial charge in [0.25, 0.3) is 0 Å². The Hall–Kier alpha value is -4.78. The molecule has 16 heteroatoms. The average Bonchev–Trinajstić information content (AvgIpc) is 3.61. The van der Waals surface area contributed by atoms with Crippen LogP contribution in [0.2, 0.25) is 5.02 Å². The van der Waals surface area contributed by atoms with Crippen molar-refractivity contribution in [1.82, 2.24) is 19.8 Å². The molecule has 2 bridgehead atoms. The van der Waals surface area contributed by atoms with Crippen LogP contribution in [0.4, 0.5) is 29.2 Å². The van der Waals surface area contributed by atoms with Crippen LogP contribution in [0.1, 0.15) is 73.3 Å². The minimum absolute atomic E-state index is 0.00631. The summed E-state index contributed by atoms with van der Waals surface area (Å²) in [4.78, 5) is 41.5. The Bertz CT molecular complexity index is 2360. The molecule has 2 aromatic carbocycles. The van der Waals surface area contributed by atoms with E-state index >= 15 is 4.39 Å². The fourth-order valence-corrected chi connectivity index (χ4v) is 9.65. The van der Waals surface area contributed by atoms with E-state index in [0.29, 0.717) is 71.4 Å². The third-order valence-corrected chi connectivity index (χ3v) is 12.1. The number of benzene rings is 2. The number of nitrogens with one attached hydrogen (secondary N) is 1. The fraction of sp³-hybridized carbons (Fsp3) is 0.500. The van der Waals surface area contributed by atoms with Crippen LogP contribution in [-0.2, 0) is 9.47 Å². The van der Waals surface area contributed by atoms with Crippen LogP contribution in [0, 0.1) is 22.6 Å². The Balaban J connectivity index is 1.34. The number of halogens is 3. The summed E-state index contributed by atoms with van der Waals surface area (Å²) in [5, 5.41) is 14.1. The van der Waals surface area contributed by atoms with Crippen LogP contribution in [0.25, 0.3) is 32.1 Å². The summed E-state index contributed by atoms with van der Waals surface area (Å²) in [6.07, 6.45) is 1.59. The maximum absolute atomic E-state index is 17.5. The molecule has 2 amide bonds. The van der Waals surface area contributed by atoms with Gasteiger partial charge in [-0.3, -0.25) is 10.2 Å². The molecule has 0 spiro atoms. The van der Waals surface area contributed by atoms with E-state index < -0.39 is 28.5 Å². The molecule has 3 fully saturated rings. The number of thiophene rings is 1. The highest BCUT2D eigenvalue weighted by Gasteiger charge is 2.45. The summed E-state index contributed by atoms with van der Waals surface area (Å²) >= 11 is 8.21. The summed E-state index contributed by atoms with van der Waals surface area (Å²) in [7, 11) is 1.96. The third kappa shape index (κ3) is 8.11. The van der Waals surface area contributed by atoms with E-state index in [1.807, 2.05) is 39.6 Å². The molecule has 3 aliphatic heterocycles. The summed E-state index contributed by atoms with van der Waals surface area (Å²) in [6, 6.07) is 8.52. The topological polar surface area (TPSA) is 133 Å². The number of piperidine rings is 1. The van der Waals surface area contributed by atoms with Crippen molar-refractivity contribution in [3.05, 3.63) is 52.6 Å². The normalized spacial score (nSPS) is 22.1. The molecule has 308 valence electrons. The van der Waals surface area contributed by atoms with Gasteiger partial charge < -0.3 is 24.0 Å². The van der Waals surface area contributed by atoms with Crippen molar-refractivity contribution in [1.29, 1.82) is 5.26 Å². The molecule has 0 unspecified atom stereocenters. The number of carbonyl (C=O) groups is 2. The van der Waals surface area contributed by atoms with Gasteiger partial charge in [0.15, 0.2) is 5.82 Å². The lowest BCUT2D eigenvalue weighted by atomic mass is 9.78. The van der Waals surface area contributed by atoms with Crippen molar-refractivity contribution in [2.75, 3.05) is 50.1 Å². The molecular formula is C42H48ClF2N7O5S. The van der Waals surface area contributed by atoms with Crippen LogP contribution in [-0.4, -0.2) is 95.1 Å². The zero-order valence-electron chi connectivity index (χ0n) is 34.0. The van der Waals surface area contributed by atoms with Crippen LogP contribution < -0.4 is 15.0 Å². The largest absolute Gasteiger partial charge is 0.462 e. The number of hydrogen-bond donors (Lipinski definition) is 1. The van der Waals surface area contributed by atoms with E-state index in [2.05, 4.69) is 21.3 Å². The van der Waals surface area contributed by atoms with Crippen LogP contribution >= 0.6 is 22.9 Å². The Kier molecular flexibility index (Phi) is 11.0. The molecule has 3 atom stereocenters. The number of likely N-dealkylation sites (tertiary alicyclic amines) is 1. The van der Waals surface area contributed by atoms with Crippen molar-refractivity contribution in [3.8, 4) is 23.2 Å². The van der Waals surface area contributed by atoms with Gasteiger partial charge in [0.05, 0.1) is 29.0 Å². The van der Waals surface area contributed by atoms with E-state index in [1.165, 1.54) is 0 Å². The lowest BCUT2D eigenvalue weighted by molar-refractivity contribution is 0.0122. The molecule has 58 heavy (non-hydrogen) atoms. The Morgan fingerprint density at radius 2 is 1.81 bits per heavy atom. The smallest absolute Gasteiger partial charge is 0.412 e. The maximum atomic E-state index is 17.5. The Labute approximate surface area is 345 Å². The Morgan fingerprint density at radius 1 is 1.12 bits per heavy atom. The van der Waals surface area contributed by atoms with Gasteiger partial charge in [-0.15, -0.1) is 11.3 Å². The van der Waals surface area contributed by atoms with Crippen LogP contribution in [0.5, 0.6) is 6.01 Å². The van der Waals surface area contributed by atoms with Crippen molar-refractivity contribution in [3.63, 3.8) is 0 Å². The number of nitrogens with zero attached hydrogens (tertiary/aromatic N) is 6. The maximum Gasteiger partial charge on any atom is 0.412 e. The first-order valence-electron chi connectivity index (χ1n) is 19.3. The first kappa shape index (κ1) is 41.4. The quantitative estimate of drug-likeness (QED) is 0.200. The van der Waals surface area contributed by atoms with Gasteiger partial charge in [-0.25, -0.2) is 18.4 Å². The van der Waals surface area contributed by atoms with Gasteiger partial charge in [-0.1, -0.05) is 30.7 Å². The summed E-state index contributed by atoms with van der Waals surface area (Å²) < 4.78 is 49.8. The molecule has 5 heterocycles. The van der Waals surface area contributed by atoms with Gasteiger partial charge in [0.1, 0.15) is 40.2 Å². The van der Waals surface area contributed by atoms with Crippen molar-refractivity contribution < 1.29 is 32.6 Å². The van der Waals surface area contributed by atoms with E-state index in [9.17, 15) is 19.2 Å². The first-order chi connectivity index (χ1) is 27.3. The Morgan fingerprint density at radius 3 is 2.45 bits per heavy atom. The first-order valence-corrected chi connectivity index (χ1v) is 20.5. The lowest BCUT2D eigenvalue weighted by Crippen LogP contribution is -2.57. The predicted octanol–water partition coefficient (Wildman–Crippen LogP) is 9.68. The second-order valence-corrected chi connectivity index (χ2v) is 19.1. The van der Waals surface area contributed by atoms with Gasteiger partial charge in [-0.2, -0.15) is 15.2 Å². The van der Waals surface area contributed by atoms with Crippen molar-refractivity contribution in [2.45, 2.75) is 91.0 Å². The molecular weight excluding hydrogens is 788 g/mol. The molecule has 12 nitrogen and oxygen atoms in total. The van der Waals surface area contributed by atoms with Crippen molar-refractivity contribution >= 4 is 66.9 Å². The monoisotopic (exact) mass is 835 g/mol. The highest BCUT2D eigenvalue weighted by molar-refractivity contribution is 7.23. The minimum Gasteiger partial charge on any atom is -0.462 e. The molecule has 3 saturated heterocycles. The highest BCUT2D eigenvalue weighted by Crippen LogP contribution is 2.46. The highest BCUT2D eigenvalue weighted by atomic mass is 35.5. The summed E-state index contributed by atoms with van der Waals surface area (Å²) in [6.45, 7) is 14.7. The molecule has 1 N–H and O–H groups in total. The summed E-state index contributed by atoms with van der Waals surface area (Å²) in [5.74, 6) is -0.376. The number of ether oxygens (including phenoxy) is 3. The minimum atomic E-state index is -0.772. The number of amides is 2. The number of rotatable bonds is 6. The molecule has 7 rings (SSSR count). The number of fused-ring (bicyclic) bond motifs is 4. The predicted molar refractivity (Wildman–Crippen MR) is 222 cm³/mol. The van der Waals surface area contributed by atoms with Gasteiger partial charge >= 0.3 is 18.2 Å². The average molecular weight is 836 g/mol. The van der Waals surface area contributed by atoms with E-state index in [0.717, 1.165) is 24.2 Å². The summed E-state index contributed by atoms with van der Waals surface area (Å²) in [5.41, 5.74) is -1.12. The van der Waals surface area contributed by atoms with Crippen molar-refractivity contribution in [2.24, 2.45) is 5.41 Å². The molecule has 0 aliphatic carbocycles. The number of hydrogen-bond acceptors (Lipinski definition) is 11. The standard InChI is InChI=1S/C42H48ClF2N7O5S/c1-40(2,3)56-38(53)49-36-28(18-46)31-26(10-9-11-30(31)58-36)32-29(43)16-27-34(33(32)45)47-37(55-22-42(7)21-50(8)15-14-23(42)17-44)48-35(27)51-19-24-12-13-25(20-51)52(24)39(54)57-41(4,5)6/h9-11,16-17,24-25H,12-15,19-22H2,1-8H3,(H,49,53)/b23-17+/t24-,25+,42-/m0/s1. The third-order valence-electron chi connectivity index (χ3n) is 10.7. The molecule has 4 aromatic rings. The van der Waals surface area contributed by atoms with E-state index in [4.69, 9.17) is 30.8 Å². The second-order valence-electron chi connectivity index (χ2n) is 17.6. The van der Waals surface area contributed by atoms with Crippen LogP contribution in [0.3, 0.4) is 0 Å². The zero-order chi connectivity index (χ0) is 41.9. The molecule has 0 radical (unpaired) electrons. The number of aromatic nitrogens is 2. The number of carbonyl (C=O) groups excluding carboxylic acids is 2. The number of piperazine rings is 1. The number of nitriles is 1. The molecule has 3 aliphatic rings. The fourth-order valence-electron chi connectivity index (χ4n) is 8.29. The second kappa shape index (κ2) is 15.4. The van der Waals surface area contributed by atoms with Gasteiger partial charge in [-0.05, 0) is 91.1 Å². The molecule has 2 aromatic heterocycles. The van der Waals surface area contributed by atoms with E-state index in [-0.39, 0.29) is 57.5 Å². The number of anilines is 2. The van der Waals surface area contributed by atoms with Gasteiger partial charge in [0.2, 0.25) is 0 Å². The molecule has 0 saturated carbocycles.